The molecular weight excluding hydrogens is 268 g/mol. The molecule has 3 rings (SSSR count). The van der Waals surface area contributed by atoms with Crippen molar-refractivity contribution in [2.45, 2.75) is 19.1 Å². The molecule has 1 aromatic heterocycles. The van der Waals surface area contributed by atoms with E-state index in [1.165, 1.54) is 0 Å². The lowest BCUT2D eigenvalue weighted by Gasteiger charge is -2.12. The standard InChI is InChI=1S/C13H13ClN2O3/c14-7-3-4-9-8(5-7)10(11(19-9)12(15)17)16-13(18)6-1-2-6/h3-6,13,16,18H,1-2H2,(H2,15,17). The number of rotatable bonds is 4. The van der Waals surface area contributed by atoms with Gasteiger partial charge in [0.15, 0.2) is 0 Å². The van der Waals surface area contributed by atoms with E-state index in [1.807, 2.05) is 0 Å². The van der Waals surface area contributed by atoms with Gasteiger partial charge < -0.3 is 20.6 Å². The van der Waals surface area contributed by atoms with Gasteiger partial charge in [-0.3, -0.25) is 4.79 Å². The fraction of sp³-hybridized carbons (Fsp3) is 0.308. The second kappa shape index (κ2) is 4.43. The number of carbonyl (C=O) groups excluding carboxylic acids is 1. The second-order valence-electron chi connectivity index (χ2n) is 4.74. The van der Waals surface area contributed by atoms with Crippen molar-refractivity contribution in [1.29, 1.82) is 0 Å². The van der Waals surface area contributed by atoms with Crippen molar-refractivity contribution in [1.82, 2.24) is 0 Å². The fourth-order valence-electron chi connectivity index (χ4n) is 2.06. The van der Waals surface area contributed by atoms with E-state index in [4.69, 9.17) is 21.8 Å². The largest absolute Gasteiger partial charge is 0.449 e. The molecule has 0 saturated heterocycles. The van der Waals surface area contributed by atoms with Gasteiger partial charge in [-0.25, -0.2) is 0 Å². The van der Waals surface area contributed by atoms with E-state index in [9.17, 15) is 9.90 Å². The van der Waals surface area contributed by atoms with Gasteiger partial charge in [0.1, 0.15) is 11.8 Å². The lowest BCUT2D eigenvalue weighted by molar-refractivity contribution is 0.0976. The highest BCUT2D eigenvalue weighted by atomic mass is 35.5. The Balaban J connectivity index is 2.09. The highest BCUT2D eigenvalue weighted by molar-refractivity contribution is 6.31. The molecule has 1 aromatic carbocycles. The third-order valence-electron chi connectivity index (χ3n) is 3.23. The molecule has 1 unspecified atom stereocenters. The summed E-state index contributed by atoms with van der Waals surface area (Å²) >= 11 is 5.94. The molecule has 0 radical (unpaired) electrons. The molecule has 1 heterocycles. The van der Waals surface area contributed by atoms with Crippen molar-refractivity contribution >= 4 is 34.2 Å². The van der Waals surface area contributed by atoms with E-state index < -0.39 is 12.1 Å². The summed E-state index contributed by atoms with van der Waals surface area (Å²) in [5.74, 6) is -0.459. The molecule has 1 aliphatic carbocycles. The molecule has 1 fully saturated rings. The van der Waals surface area contributed by atoms with E-state index in [-0.39, 0.29) is 11.7 Å². The lowest BCUT2D eigenvalue weighted by atomic mass is 10.2. The van der Waals surface area contributed by atoms with Gasteiger partial charge in [-0.05, 0) is 31.0 Å². The maximum atomic E-state index is 11.4. The van der Waals surface area contributed by atoms with Crippen LogP contribution in [0.25, 0.3) is 11.0 Å². The SMILES string of the molecule is NC(=O)c1oc2ccc(Cl)cc2c1NC(O)C1CC1. The third kappa shape index (κ3) is 2.27. The minimum absolute atomic E-state index is 0.0111. The number of anilines is 1. The van der Waals surface area contributed by atoms with Crippen LogP contribution in [0.2, 0.25) is 5.02 Å². The van der Waals surface area contributed by atoms with Crippen LogP contribution >= 0.6 is 11.6 Å². The number of hydrogen-bond acceptors (Lipinski definition) is 4. The summed E-state index contributed by atoms with van der Waals surface area (Å²) in [5, 5.41) is 14.0. The number of halogens is 1. The minimum atomic E-state index is -0.710. The van der Waals surface area contributed by atoms with Crippen LogP contribution in [0.5, 0.6) is 0 Å². The van der Waals surface area contributed by atoms with Gasteiger partial charge in [0.25, 0.3) is 5.91 Å². The van der Waals surface area contributed by atoms with Crippen molar-refractivity contribution < 1.29 is 14.3 Å². The second-order valence-corrected chi connectivity index (χ2v) is 5.17. The van der Waals surface area contributed by atoms with E-state index in [0.717, 1.165) is 12.8 Å². The van der Waals surface area contributed by atoms with Crippen molar-refractivity contribution in [3.05, 3.63) is 29.0 Å². The highest BCUT2D eigenvalue weighted by Crippen LogP contribution is 2.37. The molecule has 0 aliphatic heterocycles. The molecule has 4 N–H and O–H groups in total. The Kier molecular flexibility index (Phi) is 2.88. The first-order valence-electron chi connectivity index (χ1n) is 6.02. The minimum Gasteiger partial charge on any atom is -0.449 e. The van der Waals surface area contributed by atoms with Crippen molar-refractivity contribution in [3.8, 4) is 0 Å². The number of primary amides is 1. The summed E-state index contributed by atoms with van der Waals surface area (Å²) in [7, 11) is 0. The Hall–Kier alpha value is -1.72. The number of furan rings is 1. The molecular formula is C13H13ClN2O3. The molecule has 1 atom stereocenters. The Bertz CT molecular complexity index is 649. The fourth-order valence-corrected chi connectivity index (χ4v) is 2.24. The van der Waals surface area contributed by atoms with Crippen LogP contribution in [0.4, 0.5) is 5.69 Å². The summed E-state index contributed by atoms with van der Waals surface area (Å²) in [6, 6.07) is 5.01. The third-order valence-corrected chi connectivity index (χ3v) is 3.47. The zero-order chi connectivity index (χ0) is 13.6. The van der Waals surface area contributed by atoms with Gasteiger partial charge in [-0.1, -0.05) is 11.6 Å². The Morgan fingerprint density at radius 1 is 1.53 bits per heavy atom. The summed E-state index contributed by atoms with van der Waals surface area (Å²) in [6.07, 6.45) is 1.23. The van der Waals surface area contributed by atoms with E-state index in [0.29, 0.717) is 21.7 Å². The Morgan fingerprint density at radius 2 is 2.26 bits per heavy atom. The van der Waals surface area contributed by atoms with Gasteiger partial charge in [0.05, 0.1) is 5.69 Å². The molecule has 19 heavy (non-hydrogen) atoms. The van der Waals surface area contributed by atoms with E-state index in [1.54, 1.807) is 18.2 Å². The maximum Gasteiger partial charge on any atom is 0.286 e. The molecule has 100 valence electrons. The molecule has 1 aliphatic rings. The van der Waals surface area contributed by atoms with Gasteiger partial charge in [0.2, 0.25) is 5.76 Å². The maximum absolute atomic E-state index is 11.4. The normalized spacial score (nSPS) is 16.5. The highest BCUT2D eigenvalue weighted by Gasteiger charge is 2.31. The number of fused-ring (bicyclic) bond motifs is 1. The van der Waals surface area contributed by atoms with Crippen LogP contribution in [-0.2, 0) is 0 Å². The summed E-state index contributed by atoms with van der Waals surface area (Å²) < 4.78 is 5.41. The number of aliphatic hydroxyl groups excluding tert-OH is 1. The van der Waals surface area contributed by atoms with E-state index in [2.05, 4.69) is 5.32 Å². The first-order chi connectivity index (χ1) is 9.06. The number of aliphatic hydroxyl groups is 1. The monoisotopic (exact) mass is 280 g/mol. The summed E-state index contributed by atoms with van der Waals surface area (Å²) in [5.41, 5.74) is 6.21. The topological polar surface area (TPSA) is 88.5 Å². The molecule has 1 saturated carbocycles. The molecule has 5 nitrogen and oxygen atoms in total. The predicted molar refractivity (Wildman–Crippen MR) is 72.1 cm³/mol. The van der Waals surface area contributed by atoms with Crippen LogP contribution in [0.3, 0.4) is 0 Å². The number of benzene rings is 1. The van der Waals surface area contributed by atoms with Crippen LogP contribution in [0, 0.1) is 5.92 Å². The average Bonchev–Trinajstić information content (AvgIpc) is 3.14. The van der Waals surface area contributed by atoms with Gasteiger partial charge in [-0.15, -0.1) is 0 Å². The van der Waals surface area contributed by atoms with E-state index >= 15 is 0 Å². The van der Waals surface area contributed by atoms with Gasteiger partial charge in [0, 0.05) is 16.3 Å². The van der Waals surface area contributed by atoms with Crippen molar-refractivity contribution in [2.75, 3.05) is 5.32 Å². The summed E-state index contributed by atoms with van der Waals surface area (Å²) in [6.45, 7) is 0. The smallest absolute Gasteiger partial charge is 0.286 e. The van der Waals surface area contributed by atoms with Crippen LogP contribution in [-0.4, -0.2) is 17.2 Å². The zero-order valence-electron chi connectivity index (χ0n) is 10.0. The summed E-state index contributed by atoms with van der Waals surface area (Å²) in [4.78, 5) is 11.4. The van der Waals surface area contributed by atoms with Gasteiger partial charge in [-0.2, -0.15) is 0 Å². The molecule has 1 amide bonds. The number of nitrogens with two attached hydrogens (primary N) is 1. The average molecular weight is 281 g/mol. The molecule has 0 spiro atoms. The van der Waals surface area contributed by atoms with Gasteiger partial charge >= 0.3 is 0 Å². The van der Waals surface area contributed by atoms with Crippen LogP contribution in [0.15, 0.2) is 22.6 Å². The predicted octanol–water partition coefficient (Wildman–Crippen LogP) is 2.33. The Morgan fingerprint density at radius 3 is 2.89 bits per heavy atom. The number of nitrogens with one attached hydrogen (secondary N) is 1. The zero-order valence-corrected chi connectivity index (χ0v) is 10.8. The first-order valence-corrected chi connectivity index (χ1v) is 6.40. The van der Waals surface area contributed by atoms with Crippen molar-refractivity contribution in [2.24, 2.45) is 11.7 Å². The lowest BCUT2D eigenvalue weighted by Crippen LogP contribution is -2.23. The number of hydrogen-bond donors (Lipinski definition) is 3. The number of amides is 1. The quantitative estimate of drug-likeness (QED) is 0.750. The first kappa shape index (κ1) is 12.3. The molecule has 2 aromatic rings. The van der Waals surface area contributed by atoms with Crippen molar-refractivity contribution in [3.63, 3.8) is 0 Å². The molecule has 0 bridgehead atoms. The van der Waals surface area contributed by atoms with Crippen LogP contribution in [0.1, 0.15) is 23.4 Å². The molecule has 6 heteroatoms. The number of carbonyl (C=O) groups is 1. The van der Waals surface area contributed by atoms with Crippen LogP contribution < -0.4 is 11.1 Å². The Labute approximate surface area is 114 Å².